The number of anilines is 1. The number of nitrogens with one attached hydrogen (secondary N) is 1. The number of hydrogen-bond donors (Lipinski definition) is 1. The summed E-state index contributed by atoms with van der Waals surface area (Å²) in [6.45, 7) is -0.384. The van der Waals surface area contributed by atoms with Crippen molar-refractivity contribution in [3.63, 3.8) is 0 Å². The highest BCUT2D eigenvalue weighted by Gasteiger charge is 2.37. The lowest BCUT2D eigenvalue weighted by Gasteiger charge is -2.36. The van der Waals surface area contributed by atoms with Crippen LogP contribution in [0.25, 0.3) is 0 Å². The van der Waals surface area contributed by atoms with Gasteiger partial charge in [-0.25, -0.2) is 8.42 Å². The molecule has 0 saturated carbocycles. The molecule has 0 saturated heterocycles. The molecule has 1 amide bonds. The van der Waals surface area contributed by atoms with Crippen molar-refractivity contribution in [1.82, 2.24) is 4.31 Å². The van der Waals surface area contributed by atoms with Gasteiger partial charge in [0.2, 0.25) is 10.0 Å². The maximum atomic E-state index is 13.5. The van der Waals surface area contributed by atoms with Gasteiger partial charge in [0, 0.05) is 17.7 Å². The zero-order chi connectivity index (χ0) is 28.8. The Kier molecular flexibility index (Phi) is 8.37. The lowest BCUT2D eigenvalue weighted by Crippen LogP contribution is -2.41. The first kappa shape index (κ1) is 27.9. The number of carbonyl (C=O) groups excluding carboxylic acids is 3. The summed E-state index contributed by atoms with van der Waals surface area (Å²) < 4.78 is 33.7. The number of ketones is 1. The summed E-state index contributed by atoms with van der Waals surface area (Å²) in [5, 5.41) is 2.65. The van der Waals surface area contributed by atoms with Crippen LogP contribution in [0.1, 0.15) is 39.5 Å². The van der Waals surface area contributed by atoms with Gasteiger partial charge in [0.15, 0.2) is 12.4 Å². The van der Waals surface area contributed by atoms with Gasteiger partial charge in [-0.15, -0.1) is 0 Å². The molecule has 0 bridgehead atoms. The Labute approximate surface area is 238 Å². The van der Waals surface area contributed by atoms with E-state index in [9.17, 15) is 22.8 Å². The third kappa shape index (κ3) is 6.26. The van der Waals surface area contributed by atoms with E-state index in [0.29, 0.717) is 23.2 Å². The molecule has 5 rings (SSSR count). The van der Waals surface area contributed by atoms with Gasteiger partial charge in [0.25, 0.3) is 5.91 Å². The third-order valence-electron chi connectivity index (χ3n) is 6.92. The average molecular weight is 569 g/mol. The van der Waals surface area contributed by atoms with Crippen LogP contribution >= 0.6 is 0 Å². The molecule has 0 fully saturated rings. The van der Waals surface area contributed by atoms with E-state index in [-0.39, 0.29) is 23.6 Å². The fraction of sp³-hybridized carbons (Fsp3) is 0.156. The summed E-state index contributed by atoms with van der Waals surface area (Å²) >= 11 is 0. The van der Waals surface area contributed by atoms with Gasteiger partial charge < -0.3 is 10.1 Å². The number of rotatable bonds is 9. The zero-order valence-electron chi connectivity index (χ0n) is 22.1. The number of amides is 1. The lowest BCUT2D eigenvalue weighted by atomic mass is 9.92. The van der Waals surface area contributed by atoms with Crippen molar-refractivity contribution in [2.75, 3.05) is 18.5 Å². The summed E-state index contributed by atoms with van der Waals surface area (Å²) in [6, 6.07) is 30.0. The van der Waals surface area contributed by atoms with Crippen LogP contribution in [0.5, 0.6) is 0 Å². The summed E-state index contributed by atoms with van der Waals surface area (Å²) in [4.78, 5) is 38.8. The second-order valence-electron chi connectivity index (χ2n) is 9.55. The highest BCUT2D eigenvalue weighted by molar-refractivity contribution is 7.89. The summed E-state index contributed by atoms with van der Waals surface area (Å²) in [7, 11) is -3.89. The number of hydrogen-bond acceptors (Lipinski definition) is 6. The quantitative estimate of drug-likeness (QED) is 0.230. The fourth-order valence-corrected chi connectivity index (χ4v) is 6.57. The number of ether oxygens (including phenoxy) is 1. The molecule has 1 aliphatic rings. The Balaban J connectivity index is 1.28. The molecule has 0 aromatic heterocycles. The van der Waals surface area contributed by atoms with Gasteiger partial charge in [-0.2, -0.15) is 4.31 Å². The molecule has 0 spiro atoms. The van der Waals surface area contributed by atoms with E-state index in [1.54, 1.807) is 78.9 Å². The van der Waals surface area contributed by atoms with Crippen LogP contribution in [-0.2, 0) is 30.8 Å². The third-order valence-corrected chi connectivity index (χ3v) is 8.84. The van der Waals surface area contributed by atoms with Crippen molar-refractivity contribution in [3.05, 3.63) is 131 Å². The maximum Gasteiger partial charge on any atom is 0.308 e. The first-order valence-corrected chi connectivity index (χ1v) is 14.6. The molecule has 1 aliphatic heterocycles. The molecule has 0 radical (unpaired) electrons. The molecular weight excluding hydrogens is 540 g/mol. The molecule has 1 heterocycles. The predicted octanol–water partition coefficient (Wildman–Crippen LogP) is 4.78. The van der Waals surface area contributed by atoms with Crippen molar-refractivity contribution < 1.29 is 27.5 Å². The molecule has 4 aromatic carbocycles. The lowest BCUT2D eigenvalue weighted by molar-refractivity contribution is -0.148. The van der Waals surface area contributed by atoms with E-state index >= 15 is 0 Å². The highest BCUT2D eigenvalue weighted by atomic mass is 32.2. The van der Waals surface area contributed by atoms with Gasteiger partial charge in [-0.1, -0.05) is 84.9 Å². The minimum Gasteiger partial charge on any atom is -0.456 e. The molecule has 4 aromatic rings. The summed E-state index contributed by atoms with van der Waals surface area (Å²) in [6.07, 6.45) is 0.247. The predicted molar refractivity (Wildman–Crippen MR) is 154 cm³/mol. The van der Waals surface area contributed by atoms with E-state index in [1.807, 2.05) is 18.2 Å². The number of carbonyl (C=O) groups is 3. The Morgan fingerprint density at radius 2 is 1.44 bits per heavy atom. The van der Waals surface area contributed by atoms with Gasteiger partial charge in [-0.05, 0) is 41.8 Å². The van der Waals surface area contributed by atoms with Crippen LogP contribution in [0, 0.1) is 0 Å². The number of nitrogens with zero attached hydrogens (tertiary/aromatic N) is 1. The molecule has 8 nitrogen and oxygen atoms in total. The molecule has 1 atom stereocenters. The van der Waals surface area contributed by atoms with Gasteiger partial charge in [0.1, 0.15) is 0 Å². The SMILES string of the molecule is O=C(COC(=O)C[C@@H]1c2ccccc2CCN1S(=O)(=O)c1ccccc1)Nc1ccccc1C(=O)c1ccccc1. The van der Waals surface area contributed by atoms with Crippen LogP contribution in [0.4, 0.5) is 5.69 Å². The topological polar surface area (TPSA) is 110 Å². The number of esters is 1. The summed E-state index contributed by atoms with van der Waals surface area (Å²) in [5.41, 5.74) is 2.77. The number of para-hydroxylation sites is 1. The first-order chi connectivity index (χ1) is 19.8. The second-order valence-corrected chi connectivity index (χ2v) is 11.4. The highest BCUT2D eigenvalue weighted by Crippen LogP contribution is 2.36. The minimum atomic E-state index is -3.89. The van der Waals surface area contributed by atoms with Crippen molar-refractivity contribution in [3.8, 4) is 0 Å². The number of fused-ring (bicyclic) bond motifs is 1. The van der Waals surface area contributed by atoms with Crippen molar-refractivity contribution >= 4 is 33.4 Å². The van der Waals surface area contributed by atoms with E-state index < -0.39 is 34.5 Å². The van der Waals surface area contributed by atoms with E-state index in [2.05, 4.69) is 5.32 Å². The molecule has 9 heteroatoms. The average Bonchev–Trinajstić information content (AvgIpc) is 3.01. The standard InChI is InChI=1S/C32H28N2O6S/c35-30(33-28-18-10-9-17-27(28)32(37)24-12-3-1-4-13-24)22-40-31(36)21-29-26-16-8-7-11-23(26)19-20-34(29)41(38,39)25-14-5-2-6-15-25/h1-18,29H,19-22H2,(H,33,35)/t29-/m1/s1. The van der Waals surface area contributed by atoms with Crippen molar-refractivity contribution in [1.29, 1.82) is 0 Å². The van der Waals surface area contributed by atoms with E-state index in [0.717, 1.165) is 11.1 Å². The monoisotopic (exact) mass is 568 g/mol. The van der Waals surface area contributed by atoms with Crippen LogP contribution in [0.15, 0.2) is 114 Å². The van der Waals surface area contributed by atoms with Crippen LogP contribution < -0.4 is 5.32 Å². The zero-order valence-corrected chi connectivity index (χ0v) is 22.9. The Bertz CT molecular complexity index is 1670. The van der Waals surface area contributed by atoms with Gasteiger partial charge in [0.05, 0.1) is 23.0 Å². The number of benzene rings is 4. The van der Waals surface area contributed by atoms with Crippen molar-refractivity contribution in [2.45, 2.75) is 23.8 Å². The molecule has 0 aliphatic carbocycles. The molecule has 0 unspecified atom stereocenters. The Morgan fingerprint density at radius 3 is 2.20 bits per heavy atom. The van der Waals surface area contributed by atoms with E-state index in [4.69, 9.17) is 4.74 Å². The number of sulfonamides is 1. The summed E-state index contributed by atoms with van der Waals surface area (Å²) in [5.74, 6) is -1.59. The molecule has 208 valence electrons. The van der Waals surface area contributed by atoms with E-state index in [1.165, 1.54) is 16.4 Å². The maximum absolute atomic E-state index is 13.5. The van der Waals surface area contributed by atoms with Crippen LogP contribution in [0.2, 0.25) is 0 Å². The minimum absolute atomic E-state index is 0.140. The first-order valence-electron chi connectivity index (χ1n) is 13.1. The van der Waals surface area contributed by atoms with Gasteiger partial charge >= 0.3 is 5.97 Å². The van der Waals surface area contributed by atoms with Crippen LogP contribution in [-0.4, -0.2) is 43.5 Å². The second kappa shape index (κ2) is 12.3. The molecular formula is C32H28N2O6S. The fourth-order valence-electron chi connectivity index (χ4n) is 4.94. The van der Waals surface area contributed by atoms with Gasteiger partial charge in [-0.3, -0.25) is 14.4 Å². The smallest absolute Gasteiger partial charge is 0.308 e. The van der Waals surface area contributed by atoms with Crippen molar-refractivity contribution in [2.24, 2.45) is 0 Å². The Hall–Kier alpha value is -4.60. The largest absolute Gasteiger partial charge is 0.456 e. The molecule has 41 heavy (non-hydrogen) atoms. The Morgan fingerprint density at radius 1 is 0.805 bits per heavy atom. The normalized spacial score (nSPS) is 15.0. The van der Waals surface area contributed by atoms with Crippen LogP contribution in [0.3, 0.4) is 0 Å². The molecule has 1 N–H and O–H groups in total.